The zero-order valence-electron chi connectivity index (χ0n) is 9.68. The Balaban J connectivity index is 2.44. The highest BCUT2D eigenvalue weighted by Crippen LogP contribution is 2.33. The summed E-state index contributed by atoms with van der Waals surface area (Å²) in [6, 6.07) is 0. The van der Waals surface area contributed by atoms with Crippen molar-refractivity contribution < 1.29 is 22.7 Å². The third-order valence-electron chi connectivity index (χ3n) is 3.30. The number of carbonyl (C=O) groups excluding carboxylic acids is 1. The first kappa shape index (κ1) is 14.4. The van der Waals surface area contributed by atoms with Crippen LogP contribution in [0.1, 0.15) is 32.1 Å². The van der Waals surface area contributed by atoms with Gasteiger partial charge in [0, 0.05) is 38.0 Å². The molecule has 2 N–H and O–H groups in total. The van der Waals surface area contributed by atoms with Crippen molar-refractivity contribution in [3.05, 3.63) is 0 Å². The first-order valence-electron chi connectivity index (χ1n) is 5.77. The maximum Gasteiger partial charge on any atom is 0.389 e. The molecular formula is C11H18F3NO2. The zero-order valence-corrected chi connectivity index (χ0v) is 9.68. The van der Waals surface area contributed by atoms with Gasteiger partial charge in [0.25, 0.3) is 0 Å². The molecule has 0 unspecified atom stereocenters. The van der Waals surface area contributed by atoms with E-state index in [1.54, 1.807) is 0 Å². The molecule has 1 aliphatic heterocycles. The highest BCUT2D eigenvalue weighted by molar-refractivity contribution is 5.85. The molecular weight excluding hydrogens is 235 g/mol. The molecule has 1 rings (SSSR count). The lowest BCUT2D eigenvalue weighted by atomic mass is 9.75. The van der Waals surface area contributed by atoms with E-state index in [2.05, 4.69) is 0 Å². The standard InChI is InChI=1S/C11H18F3NO2/c12-11(13,14)3-1-2-9(16)10(8-15)4-6-17-7-5-10/h1-8,15H2. The normalized spacial score (nSPS) is 20.2. The van der Waals surface area contributed by atoms with Crippen LogP contribution < -0.4 is 5.73 Å². The van der Waals surface area contributed by atoms with E-state index in [-0.39, 0.29) is 25.2 Å². The van der Waals surface area contributed by atoms with Crippen molar-refractivity contribution in [1.82, 2.24) is 0 Å². The fourth-order valence-electron chi connectivity index (χ4n) is 2.07. The number of rotatable bonds is 5. The summed E-state index contributed by atoms with van der Waals surface area (Å²) in [4.78, 5) is 11.9. The van der Waals surface area contributed by atoms with Gasteiger partial charge in [-0.3, -0.25) is 4.79 Å². The fourth-order valence-corrected chi connectivity index (χ4v) is 2.07. The van der Waals surface area contributed by atoms with Gasteiger partial charge in [-0.15, -0.1) is 0 Å². The minimum absolute atomic E-state index is 0.0449. The molecule has 3 nitrogen and oxygen atoms in total. The molecule has 1 heterocycles. The average molecular weight is 253 g/mol. The zero-order chi connectivity index (χ0) is 12.9. The van der Waals surface area contributed by atoms with Gasteiger partial charge in [-0.2, -0.15) is 13.2 Å². The molecule has 17 heavy (non-hydrogen) atoms. The van der Waals surface area contributed by atoms with E-state index in [0.717, 1.165) is 0 Å². The number of carbonyl (C=O) groups is 1. The Morgan fingerprint density at radius 2 is 1.88 bits per heavy atom. The van der Waals surface area contributed by atoms with E-state index in [4.69, 9.17) is 10.5 Å². The molecule has 6 heteroatoms. The van der Waals surface area contributed by atoms with Gasteiger partial charge in [0.1, 0.15) is 5.78 Å². The van der Waals surface area contributed by atoms with Crippen molar-refractivity contribution in [2.45, 2.75) is 38.3 Å². The molecule has 0 aromatic heterocycles. The molecule has 0 atom stereocenters. The lowest BCUT2D eigenvalue weighted by molar-refractivity contribution is -0.141. The van der Waals surface area contributed by atoms with Gasteiger partial charge >= 0.3 is 6.18 Å². The van der Waals surface area contributed by atoms with Crippen LogP contribution >= 0.6 is 0 Å². The summed E-state index contributed by atoms with van der Waals surface area (Å²) in [6.07, 6.45) is -4.24. The van der Waals surface area contributed by atoms with E-state index in [1.807, 2.05) is 0 Å². The van der Waals surface area contributed by atoms with Crippen LogP contribution in [0.25, 0.3) is 0 Å². The number of nitrogens with two attached hydrogens (primary N) is 1. The number of alkyl halides is 3. The molecule has 1 saturated heterocycles. The van der Waals surface area contributed by atoms with Crippen LogP contribution in [0.2, 0.25) is 0 Å². The summed E-state index contributed by atoms with van der Waals surface area (Å²) in [5.74, 6) is -0.146. The molecule has 1 fully saturated rings. The second kappa shape index (κ2) is 5.82. The highest BCUT2D eigenvalue weighted by Gasteiger charge is 2.38. The van der Waals surface area contributed by atoms with Crippen molar-refractivity contribution in [1.29, 1.82) is 0 Å². The number of hydrogen-bond donors (Lipinski definition) is 1. The van der Waals surface area contributed by atoms with E-state index in [1.165, 1.54) is 0 Å². The number of halogens is 3. The largest absolute Gasteiger partial charge is 0.389 e. The summed E-state index contributed by atoms with van der Waals surface area (Å²) in [5.41, 5.74) is 4.95. The smallest absolute Gasteiger partial charge is 0.381 e. The summed E-state index contributed by atoms with van der Waals surface area (Å²) < 4.78 is 41.1. The molecule has 0 radical (unpaired) electrons. The van der Waals surface area contributed by atoms with Crippen molar-refractivity contribution in [3.8, 4) is 0 Å². The predicted molar refractivity (Wildman–Crippen MR) is 56.5 cm³/mol. The highest BCUT2D eigenvalue weighted by atomic mass is 19.4. The van der Waals surface area contributed by atoms with Gasteiger partial charge in [-0.25, -0.2) is 0 Å². The lowest BCUT2D eigenvalue weighted by Gasteiger charge is -2.34. The van der Waals surface area contributed by atoms with E-state index >= 15 is 0 Å². The summed E-state index contributed by atoms with van der Waals surface area (Å²) >= 11 is 0. The van der Waals surface area contributed by atoms with Gasteiger partial charge in [0.2, 0.25) is 0 Å². The molecule has 0 amide bonds. The molecule has 0 aromatic carbocycles. The number of hydrogen-bond acceptors (Lipinski definition) is 3. The maximum atomic E-state index is 12.0. The Morgan fingerprint density at radius 1 is 1.29 bits per heavy atom. The van der Waals surface area contributed by atoms with Gasteiger partial charge in [-0.05, 0) is 19.3 Å². The van der Waals surface area contributed by atoms with Crippen molar-refractivity contribution >= 4 is 5.78 Å². The van der Waals surface area contributed by atoms with Crippen LogP contribution in [0, 0.1) is 5.41 Å². The fraction of sp³-hybridized carbons (Fsp3) is 0.909. The molecule has 1 aliphatic rings. The Morgan fingerprint density at radius 3 is 2.35 bits per heavy atom. The maximum absolute atomic E-state index is 12.0. The quantitative estimate of drug-likeness (QED) is 0.815. The Labute approximate surface area is 98.5 Å². The van der Waals surface area contributed by atoms with Crippen LogP contribution in [0.3, 0.4) is 0 Å². The second-order valence-corrected chi connectivity index (χ2v) is 4.49. The van der Waals surface area contributed by atoms with Crippen LogP contribution in [0.15, 0.2) is 0 Å². The van der Waals surface area contributed by atoms with Crippen LogP contribution in [0.4, 0.5) is 13.2 Å². The van der Waals surface area contributed by atoms with Crippen molar-refractivity contribution in [2.75, 3.05) is 19.8 Å². The van der Waals surface area contributed by atoms with Crippen LogP contribution in [-0.2, 0) is 9.53 Å². The molecule has 100 valence electrons. The third kappa shape index (κ3) is 4.27. The van der Waals surface area contributed by atoms with Gasteiger partial charge in [0.05, 0.1) is 0 Å². The molecule has 0 saturated carbocycles. The van der Waals surface area contributed by atoms with Gasteiger partial charge in [-0.1, -0.05) is 0 Å². The Bertz CT molecular complexity index is 260. The Hall–Kier alpha value is -0.620. The minimum Gasteiger partial charge on any atom is -0.381 e. The monoisotopic (exact) mass is 253 g/mol. The summed E-state index contributed by atoms with van der Waals surface area (Å²) in [6.45, 7) is 1.12. The molecule has 0 spiro atoms. The van der Waals surface area contributed by atoms with E-state index in [9.17, 15) is 18.0 Å². The average Bonchev–Trinajstić information content (AvgIpc) is 2.28. The molecule has 0 aliphatic carbocycles. The van der Waals surface area contributed by atoms with Crippen LogP contribution in [0.5, 0.6) is 0 Å². The van der Waals surface area contributed by atoms with Gasteiger partial charge in [0.15, 0.2) is 0 Å². The van der Waals surface area contributed by atoms with E-state index in [0.29, 0.717) is 26.1 Å². The third-order valence-corrected chi connectivity index (χ3v) is 3.30. The summed E-state index contributed by atoms with van der Waals surface area (Å²) in [5, 5.41) is 0. The minimum atomic E-state index is -4.19. The predicted octanol–water partition coefficient (Wildman–Crippen LogP) is 2.04. The van der Waals surface area contributed by atoms with Gasteiger partial charge < -0.3 is 10.5 Å². The first-order chi connectivity index (χ1) is 7.90. The lowest BCUT2D eigenvalue weighted by Crippen LogP contribution is -2.43. The second-order valence-electron chi connectivity index (χ2n) is 4.49. The summed E-state index contributed by atoms with van der Waals surface area (Å²) in [7, 11) is 0. The van der Waals surface area contributed by atoms with E-state index < -0.39 is 18.0 Å². The number of ketones is 1. The number of ether oxygens (including phenoxy) is 1. The topological polar surface area (TPSA) is 52.3 Å². The first-order valence-corrected chi connectivity index (χ1v) is 5.77. The van der Waals surface area contributed by atoms with Crippen molar-refractivity contribution in [2.24, 2.45) is 11.1 Å². The molecule has 0 bridgehead atoms. The van der Waals surface area contributed by atoms with Crippen molar-refractivity contribution in [3.63, 3.8) is 0 Å². The SMILES string of the molecule is NCC1(C(=O)CCCC(F)(F)F)CCOCC1. The number of Topliss-reactive ketones (excluding diaryl/α,β-unsaturated/α-hetero) is 1. The van der Waals surface area contributed by atoms with Crippen LogP contribution in [-0.4, -0.2) is 31.7 Å². The Kier molecular flexibility index (Phi) is 4.94. The molecule has 0 aromatic rings.